The van der Waals surface area contributed by atoms with Gasteiger partial charge in [0.1, 0.15) is 0 Å². The highest BCUT2D eigenvalue weighted by Crippen LogP contribution is 2.57. The number of nitrogens with one attached hydrogen (secondary N) is 1. The molecule has 2 aromatic heterocycles. The SMILES string of the molecule is CCN(CC)C(=O)[C@@H](C)[C@H]1CC[C@]2(C)Cc3sc(NC(=O)c4cccs4)nc3[C@@H](C)[C@@H]2[C@H]1O. The Morgan fingerprint density at radius 3 is 2.73 bits per heavy atom. The molecule has 2 amide bonds. The fraction of sp³-hybridized carbons (Fsp3) is 0.640. The molecule has 2 aliphatic carbocycles. The van der Waals surface area contributed by atoms with E-state index in [0.717, 1.165) is 25.0 Å². The van der Waals surface area contributed by atoms with Gasteiger partial charge in [0.05, 0.1) is 16.7 Å². The summed E-state index contributed by atoms with van der Waals surface area (Å²) in [7, 11) is 0. The van der Waals surface area contributed by atoms with Crippen LogP contribution in [0.15, 0.2) is 17.5 Å². The minimum atomic E-state index is -0.549. The number of hydrogen-bond acceptors (Lipinski definition) is 6. The summed E-state index contributed by atoms with van der Waals surface area (Å²) < 4.78 is 0. The van der Waals surface area contributed by atoms with Crippen LogP contribution in [0.1, 0.15) is 73.6 Å². The van der Waals surface area contributed by atoms with Crippen molar-refractivity contribution in [1.29, 1.82) is 0 Å². The fourth-order valence-corrected chi connectivity index (χ4v) is 8.05. The maximum Gasteiger partial charge on any atom is 0.267 e. The molecule has 8 heteroatoms. The number of hydrogen-bond donors (Lipinski definition) is 2. The van der Waals surface area contributed by atoms with Gasteiger partial charge < -0.3 is 10.0 Å². The zero-order valence-electron chi connectivity index (χ0n) is 20.1. The molecule has 0 aromatic carbocycles. The number of carbonyl (C=O) groups excluding carboxylic acids is 2. The van der Waals surface area contributed by atoms with Gasteiger partial charge in [-0.1, -0.05) is 26.8 Å². The Morgan fingerprint density at radius 1 is 1.36 bits per heavy atom. The topological polar surface area (TPSA) is 82.5 Å². The number of nitrogens with zero attached hydrogens (tertiary/aromatic N) is 2. The van der Waals surface area contributed by atoms with Gasteiger partial charge in [0.25, 0.3) is 5.91 Å². The number of aromatic nitrogens is 1. The van der Waals surface area contributed by atoms with Gasteiger partial charge in [-0.25, -0.2) is 4.98 Å². The quantitative estimate of drug-likeness (QED) is 0.597. The highest BCUT2D eigenvalue weighted by atomic mass is 32.1. The number of rotatable bonds is 6. The number of aliphatic hydroxyl groups is 1. The van der Waals surface area contributed by atoms with Crippen molar-refractivity contribution in [1.82, 2.24) is 9.88 Å². The van der Waals surface area contributed by atoms with Crippen molar-refractivity contribution >= 4 is 39.6 Å². The Kier molecular flexibility index (Phi) is 6.99. The van der Waals surface area contributed by atoms with Crippen molar-refractivity contribution in [2.24, 2.45) is 23.2 Å². The van der Waals surface area contributed by atoms with Crippen LogP contribution in [0, 0.1) is 23.2 Å². The van der Waals surface area contributed by atoms with Crippen LogP contribution in [-0.4, -0.2) is 46.0 Å². The molecule has 0 radical (unpaired) electrons. The maximum atomic E-state index is 13.0. The molecule has 180 valence electrons. The number of fused-ring (bicyclic) bond motifs is 2. The summed E-state index contributed by atoms with van der Waals surface area (Å²) >= 11 is 2.97. The van der Waals surface area contributed by atoms with Crippen LogP contribution in [0.2, 0.25) is 0 Å². The van der Waals surface area contributed by atoms with Crippen LogP contribution in [0.3, 0.4) is 0 Å². The van der Waals surface area contributed by atoms with E-state index in [-0.39, 0.29) is 40.9 Å². The van der Waals surface area contributed by atoms with Crippen molar-refractivity contribution in [2.75, 3.05) is 18.4 Å². The summed E-state index contributed by atoms with van der Waals surface area (Å²) in [5.41, 5.74) is 0.952. The minimum absolute atomic E-state index is 0.0398. The second-order valence-corrected chi connectivity index (χ2v) is 11.9. The first kappa shape index (κ1) is 24.4. The fourth-order valence-electron chi connectivity index (χ4n) is 6.17. The molecule has 0 aliphatic heterocycles. The average molecular weight is 490 g/mol. The van der Waals surface area contributed by atoms with E-state index in [1.54, 1.807) is 11.3 Å². The van der Waals surface area contributed by atoms with Crippen LogP contribution >= 0.6 is 22.7 Å². The second-order valence-electron chi connectivity index (χ2n) is 9.90. The first-order valence-electron chi connectivity index (χ1n) is 12.0. The van der Waals surface area contributed by atoms with E-state index in [4.69, 9.17) is 4.98 Å². The van der Waals surface area contributed by atoms with Crippen molar-refractivity contribution in [2.45, 2.75) is 65.9 Å². The Hall–Kier alpha value is -1.77. The number of aliphatic hydroxyl groups excluding tert-OH is 1. The first-order chi connectivity index (χ1) is 15.7. The lowest BCUT2D eigenvalue weighted by Crippen LogP contribution is -2.53. The molecule has 1 fully saturated rings. The third-order valence-corrected chi connectivity index (χ3v) is 9.85. The summed E-state index contributed by atoms with van der Waals surface area (Å²) in [6, 6.07) is 3.67. The molecule has 0 unspecified atom stereocenters. The van der Waals surface area contributed by atoms with Gasteiger partial charge in [-0.2, -0.15) is 0 Å². The van der Waals surface area contributed by atoms with Gasteiger partial charge in [0.15, 0.2) is 5.13 Å². The molecule has 2 heterocycles. The van der Waals surface area contributed by atoms with E-state index in [9.17, 15) is 14.7 Å². The van der Waals surface area contributed by atoms with Gasteiger partial charge in [0.2, 0.25) is 5.91 Å². The summed E-state index contributed by atoms with van der Waals surface area (Å²) in [4.78, 5) is 34.1. The lowest BCUT2D eigenvalue weighted by molar-refractivity contribution is -0.144. The Morgan fingerprint density at radius 2 is 2.09 bits per heavy atom. The van der Waals surface area contributed by atoms with Crippen LogP contribution in [-0.2, 0) is 11.2 Å². The normalized spacial score (nSPS) is 29.6. The Labute approximate surface area is 204 Å². The van der Waals surface area contributed by atoms with Crippen molar-refractivity contribution in [3.05, 3.63) is 33.0 Å². The molecule has 2 aliphatic rings. The van der Waals surface area contributed by atoms with Crippen LogP contribution in [0.4, 0.5) is 5.13 Å². The molecule has 1 saturated carbocycles. The lowest BCUT2D eigenvalue weighted by atomic mass is 9.53. The van der Waals surface area contributed by atoms with Gasteiger partial charge >= 0.3 is 0 Å². The van der Waals surface area contributed by atoms with E-state index in [2.05, 4.69) is 19.2 Å². The average Bonchev–Trinajstić information content (AvgIpc) is 3.44. The predicted octanol–water partition coefficient (Wildman–Crippen LogP) is 5.01. The molecule has 2 aromatic rings. The molecule has 0 saturated heterocycles. The van der Waals surface area contributed by atoms with E-state index in [1.165, 1.54) is 16.2 Å². The number of amides is 2. The van der Waals surface area contributed by atoms with Crippen molar-refractivity contribution in [3.63, 3.8) is 0 Å². The van der Waals surface area contributed by atoms with E-state index in [1.807, 2.05) is 43.2 Å². The standard InChI is InChI=1S/C25H35N3O3S2/c1-6-28(7-2)23(31)14(3)16-10-11-25(5)13-18-20(15(4)19(25)21(16)29)26-24(33-18)27-22(30)17-9-8-12-32-17/h8-9,12,14-16,19,21,29H,6-7,10-11,13H2,1-5H3,(H,26,27,30)/t14-,15-,16+,19+,21-,25+/m0/s1. The molecular formula is C25H35N3O3S2. The van der Waals surface area contributed by atoms with Gasteiger partial charge in [-0.15, -0.1) is 22.7 Å². The summed E-state index contributed by atoms with van der Waals surface area (Å²) in [5.74, 6) is -0.124. The molecule has 33 heavy (non-hydrogen) atoms. The lowest BCUT2D eigenvalue weighted by Gasteiger charge is -2.53. The van der Waals surface area contributed by atoms with E-state index < -0.39 is 6.10 Å². The van der Waals surface area contributed by atoms with Crippen LogP contribution in [0.5, 0.6) is 0 Å². The third-order valence-electron chi connectivity index (χ3n) is 7.99. The second kappa shape index (κ2) is 9.47. The third kappa shape index (κ3) is 4.37. The maximum absolute atomic E-state index is 13.0. The predicted molar refractivity (Wildman–Crippen MR) is 134 cm³/mol. The highest BCUT2D eigenvalue weighted by Gasteiger charge is 2.54. The number of thiophene rings is 1. The van der Waals surface area contributed by atoms with E-state index >= 15 is 0 Å². The monoisotopic (exact) mass is 489 g/mol. The van der Waals surface area contributed by atoms with Gasteiger partial charge in [-0.05, 0) is 61.8 Å². The number of thiazole rings is 1. The number of carbonyl (C=O) groups is 2. The van der Waals surface area contributed by atoms with E-state index in [0.29, 0.717) is 23.1 Å². The van der Waals surface area contributed by atoms with Crippen LogP contribution in [0.25, 0.3) is 0 Å². The zero-order chi connectivity index (χ0) is 23.9. The van der Waals surface area contributed by atoms with Gasteiger partial charge in [0, 0.05) is 29.8 Å². The first-order valence-corrected chi connectivity index (χ1v) is 13.7. The molecule has 6 nitrogen and oxygen atoms in total. The Balaban J connectivity index is 1.56. The summed E-state index contributed by atoms with van der Waals surface area (Å²) in [5, 5.41) is 17.1. The molecule has 2 N–H and O–H groups in total. The molecule has 0 bridgehead atoms. The largest absolute Gasteiger partial charge is 0.392 e. The summed E-state index contributed by atoms with van der Waals surface area (Å²) in [6.07, 6.45) is 2.14. The molecule has 4 rings (SSSR count). The summed E-state index contributed by atoms with van der Waals surface area (Å²) in [6.45, 7) is 11.8. The highest BCUT2D eigenvalue weighted by molar-refractivity contribution is 7.16. The molecule has 0 spiro atoms. The van der Waals surface area contributed by atoms with Crippen LogP contribution < -0.4 is 5.32 Å². The molecule has 6 atom stereocenters. The van der Waals surface area contributed by atoms with Crippen molar-refractivity contribution < 1.29 is 14.7 Å². The Bertz CT molecular complexity index is 1000. The number of anilines is 1. The van der Waals surface area contributed by atoms with Gasteiger partial charge in [-0.3, -0.25) is 14.9 Å². The van der Waals surface area contributed by atoms with Crippen molar-refractivity contribution in [3.8, 4) is 0 Å². The zero-order valence-corrected chi connectivity index (χ0v) is 21.8. The minimum Gasteiger partial charge on any atom is -0.392 e. The molecular weight excluding hydrogens is 454 g/mol. The smallest absolute Gasteiger partial charge is 0.267 e.